The van der Waals surface area contributed by atoms with Crippen LogP contribution < -0.4 is 4.31 Å². The van der Waals surface area contributed by atoms with Crippen LogP contribution in [0.3, 0.4) is 0 Å². The quantitative estimate of drug-likeness (QED) is 0.407. The molecule has 0 saturated heterocycles. The van der Waals surface area contributed by atoms with Gasteiger partial charge in [-0.25, -0.2) is 8.42 Å². The number of carbonyl (C=O) groups excluding carboxylic acids is 1. The topological polar surface area (TPSA) is 67.6 Å². The van der Waals surface area contributed by atoms with Gasteiger partial charge >= 0.3 is 0 Å². The lowest BCUT2D eigenvalue weighted by Crippen LogP contribution is -2.37. The van der Waals surface area contributed by atoms with Crippen molar-refractivity contribution in [1.82, 2.24) is 0 Å². The average molecular weight is 446 g/mol. The first-order valence-electron chi connectivity index (χ1n) is 10.7. The zero-order valence-corrected chi connectivity index (χ0v) is 18.6. The number of furan rings is 1. The number of sulfonamides is 1. The second-order valence-electron chi connectivity index (χ2n) is 8.15. The fraction of sp³-hybridized carbons (Fsp3) is 0.192. The Morgan fingerprint density at radius 3 is 2.38 bits per heavy atom. The average Bonchev–Trinajstić information content (AvgIpc) is 3.18. The normalized spacial score (nSPS) is 13.7. The first-order chi connectivity index (χ1) is 15.4. The molecule has 162 valence electrons. The van der Waals surface area contributed by atoms with Crippen molar-refractivity contribution in [3.63, 3.8) is 0 Å². The van der Waals surface area contributed by atoms with E-state index in [1.165, 1.54) is 12.1 Å². The van der Waals surface area contributed by atoms with Crippen LogP contribution in [-0.4, -0.2) is 14.3 Å². The standard InChI is InChI=1S/C26H23NO4S/c1-18-11-13-19(14-12-18)26(28)27(32(29,30)21-7-3-2-4-8-21)20-15-16-25-23(17-20)22-9-5-6-10-24(22)31-25/h2-4,7-8,11-17H,5-6,9-10H2,1H3. The van der Waals surface area contributed by atoms with Crippen molar-refractivity contribution in [2.24, 2.45) is 0 Å². The van der Waals surface area contributed by atoms with Crippen LogP contribution in [0.25, 0.3) is 11.0 Å². The predicted octanol–water partition coefficient (Wildman–Crippen LogP) is 5.66. The van der Waals surface area contributed by atoms with E-state index in [9.17, 15) is 13.2 Å². The summed E-state index contributed by atoms with van der Waals surface area (Å²) in [6.45, 7) is 1.92. The highest BCUT2D eigenvalue weighted by molar-refractivity contribution is 7.93. The molecule has 0 radical (unpaired) electrons. The molecule has 1 amide bonds. The largest absolute Gasteiger partial charge is 0.461 e. The summed E-state index contributed by atoms with van der Waals surface area (Å²) in [7, 11) is -4.13. The van der Waals surface area contributed by atoms with Gasteiger partial charge in [0.05, 0.1) is 10.6 Å². The Kier molecular flexibility index (Phi) is 5.10. The summed E-state index contributed by atoms with van der Waals surface area (Å²) >= 11 is 0. The van der Waals surface area contributed by atoms with Crippen molar-refractivity contribution in [3.8, 4) is 0 Å². The molecule has 0 bridgehead atoms. The van der Waals surface area contributed by atoms with Crippen molar-refractivity contribution >= 4 is 32.6 Å². The molecule has 1 aromatic heterocycles. The smallest absolute Gasteiger partial charge is 0.272 e. The number of amides is 1. The van der Waals surface area contributed by atoms with Crippen LogP contribution in [0.4, 0.5) is 5.69 Å². The van der Waals surface area contributed by atoms with E-state index in [0.29, 0.717) is 11.3 Å². The Morgan fingerprint density at radius 2 is 1.62 bits per heavy atom. The Balaban J connectivity index is 1.69. The summed E-state index contributed by atoms with van der Waals surface area (Å²) in [4.78, 5) is 13.6. The zero-order valence-electron chi connectivity index (χ0n) is 17.7. The van der Waals surface area contributed by atoms with Gasteiger partial charge in [0.25, 0.3) is 15.9 Å². The van der Waals surface area contributed by atoms with Gasteiger partial charge in [-0.05, 0) is 68.7 Å². The van der Waals surface area contributed by atoms with Gasteiger partial charge in [-0.15, -0.1) is 0 Å². The molecular formula is C26H23NO4S. The Hall–Kier alpha value is -3.38. The van der Waals surface area contributed by atoms with E-state index in [-0.39, 0.29) is 4.90 Å². The van der Waals surface area contributed by atoms with Crippen LogP contribution in [0.5, 0.6) is 0 Å². The maximum absolute atomic E-state index is 13.7. The predicted molar refractivity (Wildman–Crippen MR) is 124 cm³/mol. The third-order valence-corrected chi connectivity index (χ3v) is 7.66. The van der Waals surface area contributed by atoms with Crippen LogP contribution >= 0.6 is 0 Å². The molecule has 0 fully saturated rings. The molecule has 4 aromatic rings. The van der Waals surface area contributed by atoms with Crippen LogP contribution in [0.2, 0.25) is 0 Å². The number of fused-ring (bicyclic) bond motifs is 3. The number of hydrogen-bond donors (Lipinski definition) is 0. The van der Waals surface area contributed by atoms with Crippen molar-refractivity contribution in [3.05, 3.63) is 95.2 Å². The first kappa shape index (κ1) is 20.5. The SMILES string of the molecule is Cc1ccc(C(=O)N(c2ccc3oc4c(c3c2)CCCC4)S(=O)(=O)c2ccccc2)cc1. The lowest BCUT2D eigenvalue weighted by Gasteiger charge is -2.23. The van der Waals surface area contributed by atoms with Crippen LogP contribution in [0, 0.1) is 6.92 Å². The maximum atomic E-state index is 13.7. The summed E-state index contributed by atoms with van der Waals surface area (Å²) in [5.41, 5.74) is 3.45. The number of rotatable bonds is 4. The molecular weight excluding hydrogens is 422 g/mol. The molecule has 0 saturated carbocycles. The summed E-state index contributed by atoms with van der Waals surface area (Å²) < 4.78 is 34.2. The highest BCUT2D eigenvalue weighted by Crippen LogP contribution is 2.36. The second-order valence-corrected chi connectivity index (χ2v) is 9.93. The van der Waals surface area contributed by atoms with Gasteiger partial charge < -0.3 is 4.42 Å². The van der Waals surface area contributed by atoms with Crippen molar-refractivity contribution in [2.75, 3.05) is 4.31 Å². The molecule has 0 N–H and O–H groups in total. The molecule has 0 unspecified atom stereocenters. The van der Waals surface area contributed by atoms with Crippen LogP contribution in [-0.2, 0) is 22.9 Å². The summed E-state index contributed by atoms with van der Waals surface area (Å²) in [6, 6.07) is 20.1. The molecule has 6 heteroatoms. The zero-order chi connectivity index (χ0) is 22.3. The molecule has 1 heterocycles. The molecule has 32 heavy (non-hydrogen) atoms. The maximum Gasteiger partial charge on any atom is 0.272 e. The van der Waals surface area contributed by atoms with Crippen molar-refractivity contribution in [1.29, 1.82) is 0 Å². The monoisotopic (exact) mass is 445 g/mol. The summed E-state index contributed by atoms with van der Waals surface area (Å²) in [5.74, 6) is 0.372. The highest BCUT2D eigenvalue weighted by atomic mass is 32.2. The minimum absolute atomic E-state index is 0.0646. The Morgan fingerprint density at radius 1 is 0.906 bits per heavy atom. The van der Waals surface area contributed by atoms with Crippen LogP contribution in [0.1, 0.15) is 40.1 Å². The van der Waals surface area contributed by atoms with E-state index >= 15 is 0 Å². The first-order valence-corrected chi connectivity index (χ1v) is 12.1. The molecule has 1 aliphatic rings. The molecule has 3 aromatic carbocycles. The van der Waals surface area contributed by atoms with Crippen molar-refractivity contribution < 1.29 is 17.6 Å². The fourth-order valence-corrected chi connectivity index (χ4v) is 5.68. The van der Waals surface area contributed by atoms with Gasteiger partial charge in [0, 0.05) is 22.9 Å². The number of hydrogen-bond acceptors (Lipinski definition) is 4. The van der Waals surface area contributed by atoms with E-state index in [2.05, 4.69) is 0 Å². The molecule has 0 aliphatic heterocycles. The number of aryl methyl sites for hydroxylation is 3. The molecule has 5 nitrogen and oxygen atoms in total. The van der Waals surface area contributed by atoms with Gasteiger partial charge in [-0.1, -0.05) is 35.9 Å². The van der Waals surface area contributed by atoms with E-state index < -0.39 is 15.9 Å². The van der Waals surface area contributed by atoms with E-state index in [1.54, 1.807) is 60.7 Å². The van der Waals surface area contributed by atoms with E-state index in [0.717, 1.165) is 57.8 Å². The fourth-order valence-electron chi connectivity index (χ4n) is 4.25. The second kappa shape index (κ2) is 7.95. The number of anilines is 1. The molecule has 5 rings (SSSR count). The van der Waals surface area contributed by atoms with Gasteiger partial charge in [0.1, 0.15) is 11.3 Å². The molecule has 1 aliphatic carbocycles. The third kappa shape index (κ3) is 3.50. The van der Waals surface area contributed by atoms with E-state index in [1.807, 2.05) is 6.92 Å². The number of nitrogens with zero attached hydrogens (tertiary/aromatic N) is 1. The molecule has 0 atom stereocenters. The Bertz CT molecular complexity index is 1400. The highest BCUT2D eigenvalue weighted by Gasteiger charge is 2.32. The third-order valence-electron chi connectivity index (χ3n) is 5.94. The molecule has 0 spiro atoms. The number of benzene rings is 3. The van der Waals surface area contributed by atoms with Gasteiger partial charge in [0.2, 0.25) is 0 Å². The van der Waals surface area contributed by atoms with Gasteiger partial charge in [-0.3, -0.25) is 4.79 Å². The minimum Gasteiger partial charge on any atom is -0.461 e. The van der Waals surface area contributed by atoms with Gasteiger partial charge in [-0.2, -0.15) is 4.31 Å². The van der Waals surface area contributed by atoms with Crippen LogP contribution in [0.15, 0.2) is 82.1 Å². The van der Waals surface area contributed by atoms with Crippen molar-refractivity contribution in [2.45, 2.75) is 37.5 Å². The lowest BCUT2D eigenvalue weighted by atomic mass is 9.96. The minimum atomic E-state index is -4.13. The summed E-state index contributed by atoms with van der Waals surface area (Å²) in [5, 5.41) is 0.877. The lowest BCUT2D eigenvalue weighted by molar-refractivity contribution is 0.101. The summed E-state index contributed by atoms with van der Waals surface area (Å²) in [6.07, 6.45) is 3.93. The van der Waals surface area contributed by atoms with Gasteiger partial charge in [0.15, 0.2) is 0 Å². The Labute approximate surface area is 187 Å². The number of carbonyl (C=O) groups is 1. The van der Waals surface area contributed by atoms with E-state index in [4.69, 9.17) is 4.42 Å².